The topological polar surface area (TPSA) is 121 Å². The minimum Gasteiger partial charge on any atom is -0.341 e. The van der Waals surface area contributed by atoms with Gasteiger partial charge in [-0.25, -0.2) is 19.9 Å². The molecule has 37 heavy (non-hydrogen) atoms. The van der Waals surface area contributed by atoms with E-state index in [2.05, 4.69) is 40.5 Å². The zero-order valence-electron chi connectivity index (χ0n) is 19.6. The molecule has 0 saturated heterocycles. The first-order valence-electron chi connectivity index (χ1n) is 11.0. The van der Waals surface area contributed by atoms with Crippen LogP contribution in [-0.4, -0.2) is 35.8 Å². The van der Waals surface area contributed by atoms with Crippen molar-refractivity contribution in [1.29, 1.82) is 0 Å². The van der Waals surface area contributed by atoms with Crippen molar-refractivity contribution in [3.8, 4) is 11.3 Å². The van der Waals surface area contributed by atoms with E-state index in [0.717, 1.165) is 17.8 Å². The number of rotatable bonds is 5. The zero-order valence-corrected chi connectivity index (χ0v) is 19.6. The van der Waals surface area contributed by atoms with Crippen LogP contribution in [0.5, 0.6) is 0 Å². The summed E-state index contributed by atoms with van der Waals surface area (Å²) >= 11 is 0. The molecule has 0 radical (unpaired) electrons. The number of imidazole rings is 1. The number of H-pyrrole nitrogens is 1. The molecule has 12 heteroatoms. The Morgan fingerprint density at radius 2 is 1.81 bits per heavy atom. The normalized spacial score (nSPS) is 11.5. The summed E-state index contributed by atoms with van der Waals surface area (Å²) in [5, 5.41) is 5.90. The van der Waals surface area contributed by atoms with Gasteiger partial charge < -0.3 is 15.6 Å². The van der Waals surface area contributed by atoms with E-state index in [1.54, 1.807) is 30.5 Å². The van der Waals surface area contributed by atoms with E-state index in [1.165, 1.54) is 19.6 Å². The fourth-order valence-corrected chi connectivity index (χ4v) is 3.89. The second-order valence-corrected chi connectivity index (χ2v) is 8.16. The minimum absolute atomic E-state index is 0.244. The van der Waals surface area contributed by atoms with Gasteiger partial charge in [0.2, 0.25) is 0 Å². The summed E-state index contributed by atoms with van der Waals surface area (Å²) in [6.45, 7) is 3.09. The fourth-order valence-electron chi connectivity index (χ4n) is 3.89. The van der Waals surface area contributed by atoms with Gasteiger partial charge in [-0.05, 0) is 55.3 Å². The van der Waals surface area contributed by atoms with E-state index in [-0.39, 0.29) is 11.3 Å². The van der Waals surface area contributed by atoms with E-state index < -0.39 is 17.6 Å². The Morgan fingerprint density at radius 1 is 0.973 bits per heavy atom. The molecule has 0 aliphatic heterocycles. The average molecular weight is 504 g/mol. The molecule has 4 aromatic heterocycles. The van der Waals surface area contributed by atoms with Crippen LogP contribution in [0, 0.1) is 13.8 Å². The molecular formula is C25H19F3N8O. The van der Waals surface area contributed by atoms with Crippen LogP contribution in [0.2, 0.25) is 0 Å². The van der Waals surface area contributed by atoms with Crippen LogP contribution in [0.4, 0.5) is 30.4 Å². The van der Waals surface area contributed by atoms with Crippen molar-refractivity contribution in [3.05, 3.63) is 83.8 Å². The van der Waals surface area contributed by atoms with Crippen LogP contribution < -0.4 is 10.6 Å². The van der Waals surface area contributed by atoms with Gasteiger partial charge >= 0.3 is 6.18 Å². The first-order valence-corrected chi connectivity index (χ1v) is 11.0. The van der Waals surface area contributed by atoms with E-state index in [1.807, 2.05) is 13.0 Å². The highest BCUT2D eigenvalue weighted by Gasteiger charge is 2.34. The summed E-state index contributed by atoms with van der Waals surface area (Å²) in [4.78, 5) is 36.9. The fraction of sp³-hybridized carbons (Fsp3) is 0.120. The Balaban J connectivity index is 1.45. The number of alkyl halides is 3. The van der Waals surface area contributed by atoms with Gasteiger partial charge in [0, 0.05) is 29.3 Å². The van der Waals surface area contributed by atoms with Crippen molar-refractivity contribution >= 4 is 34.3 Å². The standard InChI is InChI=1S/C25H19F3N8O/c1-13-5-6-15(35-24(37)19-14(2)17(7-9-29-19)25(26,27)28)10-18(13)36-22-16(4-3-8-30-22)20-21-23(33-11-31-20)34-12-32-21/h3-12H,1-2H3,(H,30,36)(H,35,37)(H,31,32,33,34). The summed E-state index contributed by atoms with van der Waals surface area (Å²) in [7, 11) is 0. The largest absolute Gasteiger partial charge is 0.416 e. The molecule has 1 aromatic carbocycles. The highest BCUT2D eigenvalue weighted by Crippen LogP contribution is 2.34. The van der Waals surface area contributed by atoms with Gasteiger partial charge in [-0.15, -0.1) is 0 Å². The lowest BCUT2D eigenvalue weighted by Gasteiger charge is -2.15. The Morgan fingerprint density at radius 3 is 2.62 bits per heavy atom. The summed E-state index contributed by atoms with van der Waals surface area (Å²) < 4.78 is 39.8. The molecule has 186 valence electrons. The number of aryl methyl sites for hydroxylation is 1. The lowest BCUT2D eigenvalue weighted by Crippen LogP contribution is -2.18. The monoisotopic (exact) mass is 504 g/mol. The van der Waals surface area contributed by atoms with E-state index >= 15 is 0 Å². The summed E-state index contributed by atoms with van der Waals surface area (Å²) in [5.74, 6) is -0.251. The highest BCUT2D eigenvalue weighted by atomic mass is 19.4. The molecule has 5 rings (SSSR count). The smallest absolute Gasteiger partial charge is 0.341 e. The maximum atomic E-state index is 13.3. The maximum absolute atomic E-state index is 13.3. The Bertz CT molecular complexity index is 1630. The van der Waals surface area contributed by atoms with Gasteiger partial charge in [0.25, 0.3) is 5.91 Å². The highest BCUT2D eigenvalue weighted by molar-refractivity contribution is 6.04. The van der Waals surface area contributed by atoms with Crippen molar-refractivity contribution in [1.82, 2.24) is 29.9 Å². The number of hydrogen-bond donors (Lipinski definition) is 3. The van der Waals surface area contributed by atoms with Crippen LogP contribution in [0.25, 0.3) is 22.4 Å². The number of amides is 1. The first-order chi connectivity index (χ1) is 17.7. The summed E-state index contributed by atoms with van der Waals surface area (Å²) in [6.07, 6.45) is 0.957. The molecule has 0 aliphatic rings. The number of nitrogens with one attached hydrogen (secondary N) is 3. The predicted octanol–water partition coefficient (Wildman–Crippen LogP) is 5.44. The van der Waals surface area contributed by atoms with E-state index in [0.29, 0.717) is 39.6 Å². The lowest BCUT2D eigenvalue weighted by molar-refractivity contribution is -0.138. The second kappa shape index (κ2) is 9.30. The zero-order chi connectivity index (χ0) is 26.2. The molecule has 0 fully saturated rings. The van der Waals surface area contributed by atoms with Crippen LogP contribution in [0.15, 0.2) is 61.4 Å². The number of carbonyl (C=O) groups is 1. The number of benzene rings is 1. The van der Waals surface area contributed by atoms with Crippen LogP contribution in [0.1, 0.15) is 27.2 Å². The molecule has 0 spiro atoms. The lowest BCUT2D eigenvalue weighted by atomic mass is 10.1. The quantitative estimate of drug-likeness (QED) is 0.291. The number of pyridine rings is 2. The third kappa shape index (κ3) is 4.68. The molecule has 0 saturated carbocycles. The molecule has 1 amide bonds. The number of carbonyl (C=O) groups excluding carboxylic acids is 1. The Hall–Kier alpha value is -4.87. The molecular weight excluding hydrogens is 485 g/mol. The molecule has 4 heterocycles. The molecule has 3 N–H and O–H groups in total. The number of aromatic amines is 1. The Kier molecular flexibility index (Phi) is 5.99. The van der Waals surface area contributed by atoms with Crippen molar-refractivity contribution in [2.75, 3.05) is 10.6 Å². The van der Waals surface area contributed by atoms with Crippen molar-refractivity contribution in [3.63, 3.8) is 0 Å². The number of anilines is 3. The second-order valence-electron chi connectivity index (χ2n) is 8.16. The molecule has 0 bridgehead atoms. The number of hydrogen-bond acceptors (Lipinski definition) is 7. The number of fused-ring (bicyclic) bond motifs is 1. The van der Waals surface area contributed by atoms with Gasteiger partial charge in [0.1, 0.15) is 29.0 Å². The first kappa shape index (κ1) is 23.9. The SMILES string of the molecule is Cc1ccc(NC(=O)c2nccc(C(F)(F)F)c2C)cc1Nc1ncccc1-c1ncnc2nc[nH]c12. The van der Waals surface area contributed by atoms with Crippen LogP contribution >= 0.6 is 0 Å². The van der Waals surface area contributed by atoms with Crippen molar-refractivity contribution in [2.24, 2.45) is 0 Å². The van der Waals surface area contributed by atoms with Gasteiger partial charge in [-0.1, -0.05) is 6.07 Å². The molecule has 0 aliphatic carbocycles. The van der Waals surface area contributed by atoms with Crippen LogP contribution in [-0.2, 0) is 6.18 Å². The van der Waals surface area contributed by atoms with Gasteiger partial charge in [0.05, 0.1) is 11.9 Å². The van der Waals surface area contributed by atoms with Crippen molar-refractivity contribution in [2.45, 2.75) is 20.0 Å². The number of nitrogens with zero attached hydrogens (tertiary/aromatic N) is 5. The van der Waals surface area contributed by atoms with Gasteiger partial charge in [-0.2, -0.15) is 13.2 Å². The van der Waals surface area contributed by atoms with Gasteiger partial charge in [0.15, 0.2) is 5.65 Å². The molecule has 9 nitrogen and oxygen atoms in total. The van der Waals surface area contributed by atoms with Gasteiger partial charge in [-0.3, -0.25) is 9.78 Å². The van der Waals surface area contributed by atoms with Crippen LogP contribution in [0.3, 0.4) is 0 Å². The summed E-state index contributed by atoms with van der Waals surface area (Å²) in [6, 6.07) is 9.56. The van der Waals surface area contributed by atoms with Crippen molar-refractivity contribution < 1.29 is 18.0 Å². The number of halogens is 3. The van der Waals surface area contributed by atoms with E-state index in [4.69, 9.17) is 0 Å². The minimum atomic E-state index is -4.59. The number of aromatic nitrogens is 6. The molecule has 0 unspecified atom stereocenters. The Labute approximate surface area is 208 Å². The molecule has 5 aromatic rings. The maximum Gasteiger partial charge on any atom is 0.416 e. The predicted molar refractivity (Wildman–Crippen MR) is 131 cm³/mol. The summed E-state index contributed by atoms with van der Waals surface area (Å²) in [5.41, 5.74) is 2.85. The third-order valence-corrected chi connectivity index (χ3v) is 5.76. The third-order valence-electron chi connectivity index (χ3n) is 5.76. The van der Waals surface area contributed by atoms with E-state index in [9.17, 15) is 18.0 Å². The molecule has 0 atom stereocenters. The average Bonchev–Trinajstić information content (AvgIpc) is 3.35.